The molecule has 24 heavy (non-hydrogen) atoms. The molecule has 124 valence electrons. The number of hydrogen-bond donors (Lipinski definition) is 1. The fourth-order valence-electron chi connectivity index (χ4n) is 2.95. The molecule has 0 aromatic carbocycles. The fourth-order valence-corrected chi connectivity index (χ4v) is 3.88. The highest BCUT2D eigenvalue weighted by atomic mass is 32.2. The number of aromatic nitrogens is 3. The van der Waals surface area contributed by atoms with Crippen LogP contribution in [0.25, 0.3) is 5.52 Å². The zero-order valence-electron chi connectivity index (χ0n) is 14.1. The predicted octanol–water partition coefficient (Wildman–Crippen LogP) is 3.85. The number of ketones is 2. The van der Waals surface area contributed by atoms with Crippen LogP contribution in [-0.2, 0) is 0 Å². The standard InChI is InChI=1S/C18H19N3O2S/c1-10-15(12(3)22)11(2)20-16(10)17(23)13(4)24-18-19-9-14-7-5-6-8-21(14)18/h5-9,13,20H,1-4H3/t13-/m1/s1. The Hall–Kier alpha value is -2.34. The molecular weight excluding hydrogens is 322 g/mol. The molecule has 0 fully saturated rings. The van der Waals surface area contributed by atoms with Crippen molar-refractivity contribution in [3.8, 4) is 0 Å². The summed E-state index contributed by atoms with van der Waals surface area (Å²) in [4.78, 5) is 32.0. The van der Waals surface area contributed by atoms with Gasteiger partial charge in [0, 0.05) is 17.5 Å². The van der Waals surface area contributed by atoms with Gasteiger partial charge in [-0.1, -0.05) is 17.8 Å². The van der Waals surface area contributed by atoms with Crippen molar-refractivity contribution >= 4 is 28.8 Å². The van der Waals surface area contributed by atoms with Gasteiger partial charge in [0.1, 0.15) is 0 Å². The van der Waals surface area contributed by atoms with Crippen molar-refractivity contribution in [1.82, 2.24) is 14.4 Å². The first-order chi connectivity index (χ1) is 11.4. The average Bonchev–Trinajstić information content (AvgIpc) is 3.07. The van der Waals surface area contributed by atoms with E-state index >= 15 is 0 Å². The summed E-state index contributed by atoms with van der Waals surface area (Å²) in [5, 5.41) is 0.464. The molecule has 0 saturated heterocycles. The summed E-state index contributed by atoms with van der Waals surface area (Å²) in [6.07, 6.45) is 3.72. The summed E-state index contributed by atoms with van der Waals surface area (Å²) >= 11 is 1.41. The number of pyridine rings is 1. The van der Waals surface area contributed by atoms with Crippen LogP contribution in [0.2, 0.25) is 0 Å². The summed E-state index contributed by atoms with van der Waals surface area (Å²) in [5.41, 5.74) is 3.59. The Balaban J connectivity index is 1.88. The number of aromatic amines is 1. The summed E-state index contributed by atoms with van der Waals surface area (Å²) in [6, 6.07) is 5.86. The Morgan fingerprint density at radius 3 is 2.71 bits per heavy atom. The lowest BCUT2D eigenvalue weighted by atomic mass is 10.0. The second-order valence-electron chi connectivity index (χ2n) is 5.84. The Morgan fingerprint density at radius 2 is 2.04 bits per heavy atom. The van der Waals surface area contributed by atoms with E-state index < -0.39 is 0 Å². The number of carbonyl (C=O) groups is 2. The predicted molar refractivity (Wildman–Crippen MR) is 95.1 cm³/mol. The molecule has 1 atom stereocenters. The third-order valence-corrected chi connectivity index (χ3v) is 5.17. The number of fused-ring (bicyclic) bond motifs is 1. The number of nitrogens with zero attached hydrogens (tertiary/aromatic N) is 2. The molecule has 5 nitrogen and oxygen atoms in total. The van der Waals surface area contributed by atoms with E-state index in [1.807, 2.05) is 49.6 Å². The topological polar surface area (TPSA) is 67.2 Å². The molecule has 6 heteroatoms. The molecule has 0 aliphatic carbocycles. The second-order valence-corrected chi connectivity index (χ2v) is 7.15. The van der Waals surface area contributed by atoms with Crippen molar-refractivity contribution in [2.45, 2.75) is 38.1 Å². The normalized spacial score (nSPS) is 12.5. The van der Waals surface area contributed by atoms with Gasteiger partial charge in [-0.2, -0.15) is 0 Å². The minimum atomic E-state index is -0.313. The average molecular weight is 341 g/mol. The van der Waals surface area contributed by atoms with E-state index in [4.69, 9.17) is 0 Å². The first-order valence-corrected chi connectivity index (χ1v) is 8.61. The first kappa shape index (κ1) is 16.5. The number of Topliss-reactive ketones (excluding diaryl/α,β-unsaturated/α-hetero) is 2. The zero-order chi connectivity index (χ0) is 17.4. The molecule has 3 heterocycles. The van der Waals surface area contributed by atoms with E-state index in [0.717, 1.165) is 21.9 Å². The molecule has 0 radical (unpaired) electrons. The highest BCUT2D eigenvalue weighted by Gasteiger charge is 2.25. The third-order valence-electron chi connectivity index (χ3n) is 4.09. The maximum Gasteiger partial charge on any atom is 0.192 e. The second kappa shape index (κ2) is 6.28. The third kappa shape index (κ3) is 2.78. The number of H-pyrrole nitrogens is 1. The molecule has 0 spiro atoms. The monoisotopic (exact) mass is 341 g/mol. The maximum atomic E-state index is 12.8. The van der Waals surface area contributed by atoms with Crippen molar-refractivity contribution in [3.63, 3.8) is 0 Å². The Labute approximate surface area is 144 Å². The lowest BCUT2D eigenvalue weighted by Crippen LogP contribution is -2.16. The van der Waals surface area contributed by atoms with Crippen molar-refractivity contribution < 1.29 is 9.59 Å². The number of aryl methyl sites for hydroxylation is 1. The molecule has 3 aromatic rings. The van der Waals surface area contributed by atoms with Crippen molar-refractivity contribution in [2.24, 2.45) is 0 Å². The van der Waals surface area contributed by atoms with E-state index in [1.165, 1.54) is 18.7 Å². The van der Waals surface area contributed by atoms with Gasteiger partial charge in [0.05, 0.1) is 22.7 Å². The minimum Gasteiger partial charge on any atom is -0.355 e. The lowest BCUT2D eigenvalue weighted by Gasteiger charge is -2.09. The highest BCUT2D eigenvalue weighted by molar-refractivity contribution is 8.00. The molecule has 3 aromatic heterocycles. The van der Waals surface area contributed by atoms with Crippen LogP contribution < -0.4 is 0 Å². The largest absolute Gasteiger partial charge is 0.355 e. The maximum absolute atomic E-state index is 12.8. The van der Waals surface area contributed by atoms with E-state index in [1.54, 1.807) is 6.20 Å². The number of thioether (sulfide) groups is 1. The van der Waals surface area contributed by atoms with Crippen LogP contribution in [0.5, 0.6) is 0 Å². The Morgan fingerprint density at radius 1 is 1.29 bits per heavy atom. The SMILES string of the molecule is CC(=O)c1c(C)[nH]c(C(=O)[C@@H](C)Sc2ncc3ccccn23)c1C. The summed E-state index contributed by atoms with van der Waals surface area (Å²) in [6.45, 7) is 7.02. The summed E-state index contributed by atoms with van der Waals surface area (Å²) in [7, 11) is 0. The number of hydrogen-bond acceptors (Lipinski definition) is 4. The smallest absolute Gasteiger partial charge is 0.192 e. The van der Waals surface area contributed by atoms with Gasteiger partial charge < -0.3 is 4.98 Å². The molecule has 3 rings (SSSR count). The molecular formula is C18H19N3O2S. The minimum absolute atomic E-state index is 0.0271. The van der Waals surface area contributed by atoms with Gasteiger partial charge in [0.15, 0.2) is 16.7 Å². The zero-order valence-corrected chi connectivity index (χ0v) is 14.9. The molecule has 0 bridgehead atoms. The fraction of sp³-hybridized carbons (Fsp3) is 0.278. The number of imidazole rings is 1. The molecule has 0 saturated carbocycles. The van der Waals surface area contributed by atoms with Crippen molar-refractivity contribution in [3.05, 3.63) is 53.1 Å². The van der Waals surface area contributed by atoms with E-state index in [-0.39, 0.29) is 16.8 Å². The highest BCUT2D eigenvalue weighted by Crippen LogP contribution is 2.27. The van der Waals surface area contributed by atoms with Crippen LogP contribution >= 0.6 is 11.8 Å². The number of rotatable bonds is 5. The molecule has 0 amide bonds. The van der Waals surface area contributed by atoms with Crippen LogP contribution in [0, 0.1) is 13.8 Å². The van der Waals surface area contributed by atoms with E-state index in [2.05, 4.69) is 9.97 Å². The van der Waals surface area contributed by atoms with Gasteiger partial charge in [-0.3, -0.25) is 14.0 Å². The first-order valence-electron chi connectivity index (χ1n) is 7.73. The van der Waals surface area contributed by atoms with Gasteiger partial charge in [-0.25, -0.2) is 4.98 Å². The summed E-state index contributed by atoms with van der Waals surface area (Å²) < 4.78 is 1.96. The Kier molecular flexibility index (Phi) is 4.32. The van der Waals surface area contributed by atoms with Crippen molar-refractivity contribution in [1.29, 1.82) is 0 Å². The molecule has 1 N–H and O–H groups in total. The van der Waals surface area contributed by atoms with Gasteiger partial charge in [-0.15, -0.1) is 0 Å². The summed E-state index contributed by atoms with van der Waals surface area (Å²) in [5.74, 6) is -0.0550. The molecule has 0 aliphatic heterocycles. The van der Waals surface area contributed by atoms with Crippen LogP contribution in [0.3, 0.4) is 0 Å². The van der Waals surface area contributed by atoms with Gasteiger partial charge in [0.25, 0.3) is 0 Å². The van der Waals surface area contributed by atoms with Gasteiger partial charge in [-0.05, 0) is 45.4 Å². The quantitative estimate of drug-likeness (QED) is 0.565. The van der Waals surface area contributed by atoms with Crippen LogP contribution in [0.15, 0.2) is 35.7 Å². The van der Waals surface area contributed by atoms with Crippen LogP contribution in [0.4, 0.5) is 0 Å². The van der Waals surface area contributed by atoms with Crippen LogP contribution in [0.1, 0.15) is 46.0 Å². The van der Waals surface area contributed by atoms with E-state index in [9.17, 15) is 9.59 Å². The lowest BCUT2D eigenvalue weighted by molar-refractivity contribution is 0.0988. The van der Waals surface area contributed by atoms with Crippen LogP contribution in [-0.4, -0.2) is 31.2 Å². The van der Waals surface area contributed by atoms with Gasteiger partial charge in [0.2, 0.25) is 0 Å². The number of carbonyl (C=O) groups excluding carboxylic acids is 2. The molecule has 0 aliphatic rings. The van der Waals surface area contributed by atoms with E-state index in [0.29, 0.717) is 11.3 Å². The van der Waals surface area contributed by atoms with Crippen molar-refractivity contribution in [2.75, 3.05) is 0 Å². The molecule has 0 unspecified atom stereocenters. The Bertz CT molecular complexity index is 939. The van der Waals surface area contributed by atoms with Gasteiger partial charge >= 0.3 is 0 Å². The number of nitrogens with one attached hydrogen (secondary N) is 1.